The summed E-state index contributed by atoms with van der Waals surface area (Å²) in [5.41, 5.74) is 7.59. The van der Waals surface area contributed by atoms with Gasteiger partial charge in [-0.15, -0.1) is 0 Å². The quantitative estimate of drug-likeness (QED) is 0.809. The lowest BCUT2D eigenvalue weighted by atomic mass is 9.83. The van der Waals surface area contributed by atoms with Crippen LogP contribution in [0, 0.1) is 0 Å². The highest BCUT2D eigenvalue weighted by molar-refractivity contribution is 5.90. The van der Waals surface area contributed by atoms with Crippen molar-refractivity contribution in [2.24, 2.45) is 0 Å². The summed E-state index contributed by atoms with van der Waals surface area (Å²) in [7, 11) is 0. The average Bonchev–Trinajstić information content (AvgIpc) is 2.39. The van der Waals surface area contributed by atoms with E-state index in [0.29, 0.717) is 0 Å². The molecule has 0 amide bonds. The van der Waals surface area contributed by atoms with Crippen LogP contribution in [0.3, 0.4) is 0 Å². The van der Waals surface area contributed by atoms with Crippen molar-refractivity contribution in [3.05, 3.63) is 24.5 Å². The van der Waals surface area contributed by atoms with E-state index in [1.807, 2.05) is 18.2 Å². The van der Waals surface area contributed by atoms with Crippen LogP contribution >= 0.6 is 0 Å². The summed E-state index contributed by atoms with van der Waals surface area (Å²) >= 11 is 0. The molecule has 4 nitrogen and oxygen atoms in total. The highest BCUT2D eigenvalue weighted by atomic mass is 15.1. The number of fused-ring (bicyclic) bond motifs is 1. The molecular formula is C15H20N4. The highest BCUT2D eigenvalue weighted by Gasteiger charge is 2.27. The van der Waals surface area contributed by atoms with Crippen LogP contribution in [0.15, 0.2) is 24.5 Å². The van der Waals surface area contributed by atoms with Crippen LogP contribution < -0.4 is 11.1 Å². The van der Waals surface area contributed by atoms with Crippen molar-refractivity contribution in [3.63, 3.8) is 0 Å². The second-order valence-electron chi connectivity index (χ2n) is 5.75. The van der Waals surface area contributed by atoms with Crippen LogP contribution in [-0.2, 0) is 0 Å². The zero-order valence-electron chi connectivity index (χ0n) is 11.3. The maximum absolute atomic E-state index is 5.80. The fourth-order valence-corrected chi connectivity index (χ4v) is 2.92. The van der Waals surface area contributed by atoms with E-state index in [1.54, 1.807) is 6.33 Å². The van der Waals surface area contributed by atoms with Crippen LogP contribution in [0.5, 0.6) is 0 Å². The van der Waals surface area contributed by atoms with E-state index in [1.165, 1.54) is 32.1 Å². The van der Waals surface area contributed by atoms with Crippen LogP contribution in [-0.4, -0.2) is 15.5 Å². The number of benzene rings is 1. The first-order valence-corrected chi connectivity index (χ1v) is 6.95. The Labute approximate surface area is 113 Å². The van der Waals surface area contributed by atoms with Gasteiger partial charge in [0, 0.05) is 16.6 Å². The summed E-state index contributed by atoms with van der Waals surface area (Å²) < 4.78 is 0. The molecule has 1 fully saturated rings. The number of hydrogen-bond acceptors (Lipinski definition) is 4. The Morgan fingerprint density at radius 1 is 1.16 bits per heavy atom. The standard InChI is InChI=1S/C15H20N4/c1-15(7-3-2-4-8-15)19-14-12-6-5-11(16)9-13(12)17-10-18-14/h5-6,9-10H,2-4,7-8,16H2,1H3,(H,17,18,19). The van der Waals surface area contributed by atoms with Gasteiger partial charge in [0.1, 0.15) is 12.1 Å². The van der Waals surface area contributed by atoms with Gasteiger partial charge in [0.25, 0.3) is 0 Å². The zero-order valence-corrected chi connectivity index (χ0v) is 11.3. The summed E-state index contributed by atoms with van der Waals surface area (Å²) in [5.74, 6) is 0.925. The lowest BCUT2D eigenvalue weighted by Crippen LogP contribution is -2.37. The van der Waals surface area contributed by atoms with Gasteiger partial charge in [0.15, 0.2) is 0 Å². The molecule has 0 bridgehead atoms. The van der Waals surface area contributed by atoms with Crippen molar-refractivity contribution in [3.8, 4) is 0 Å². The first-order valence-electron chi connectivity index (χ1n) is 6.95. The van der Waals surface area contributed by atoms with Crippen LogP contribution in [0.1, 0.15) is 39.0 Å². The molecule has 0 radical (unpaired) electrons. The maximum atomic E-state index is 5.80. The molecule has 1 aliphatic carbocycles. The van der Waals surface area contributed by atoms with Crippen molar-refractivity contribution in [1.29, 1.82) is 0 Å². The van der Waals surface area contributed by atoms with E-state index >= 15 is 0 Å². The van der Waals surface area contributed by atoms with Crippen LogP contribution in [0.25, 0.3) is 10.9 Å². The molecule has 0 atom stereocenters. The monoisotopic (exact) mass is 256 g/mol. The molecule has 1 aromatic heterocycles. The van der Waals surface area contributed by atoms with Crippen molar-refractivity contribution >= 4 is 22.4 Å². The molecule has 1 heterocycles. The van der Waals surface area contributed by atoms with Crippen molar-refractivity contribution in [1.82, 2.24) is 9.97 Å². The molecule has 0 aliphatic heterocycles. The van der Waals surface area contributed by atoms with Crippen molar-refractivity contribution < 1.29 is 0 Å². The molecule has 2 aromatic rings. The minimum absolute atomic E-state index is 0.154. The van der Waals surface area contributed by atoms with E-state index in [4.69, 9.17) is 5.73 Å². The Balaban J connectivity index is 1.96. The number of rotatable bonds is 2. The summed E-state index contributed by atoms with van der Waals surface area (Å²) in [4.78, 5) is 8.70. The molecule has 3 rings (SSSR count). The van der Waals surface area contributed by atoms with Crippen molar-refractivity contribution in [2.75, 3.05) is 11.1 Å². The fraction of sp³-hybridized carbons (Fsp3) is 0.467. The smallest absolute Gasteiger partial charge is 0.137 e. The van der Waals surface area contributed by atoms with E-state index in [9.17, 15) is 0 Å². The van der Waals surface area contributed by atoms with Gasteiger partial charge in [-0.25, -0.2) is 9.97 Å². The summed E-state index contributed by atoms with van der Waals surface area (Å²) in [5, 5.41) is 4.67. The van der Waals surface area contributed by atoms with Gasteiger partial charge < -0.3 is 11.1 Å². The van der Waals surface area contributed by atoms with E-state index in [2.05, 4.69) is 22.2 Å². The first-order chi connectivity index (χ1) is 9.16. The van der Waals surface area contributed by atoms with Gasteiger partial charge in [-0.3, -0.25) is 0 Å². The number of anilines is 2. The van der Waals surface area contributed by atoms with Crippen LogP contribution in [0.2, 0.25) is 0 Å². The Morgan fingerprint density at radius 2 is 1.95 bits per heavy atom. The minimum Gasteiger partial charge on any atom is -0.399 e. The highest BCUT2D eigenvalue weighted by Crippen LogP contribution is 2.32. The number of nitrogen functional groups attached to an aromatic ring is 1. The summed E-state index contributed by atoms with van der Waals surface area (Å²) in [6.07, 6.45) is 7.94. The molecule has 4 heteroatoms. The number of hydrogen-bond donors (Lipinski definition) is 2. The van der Waals surface area contributed by atoms with Gasteiger partial charge in [-0.1, -0.05) is 19.3 Å². The van der Waals surface area contributed by atoms with Crippen molar-refractivity contribution in [2.45, 2.75) is 44.6 Å². The van der Waals surface area contributed by atoms with E-state index < -0.39 is 0 Å². The minimum atomic E-state index is 0.154. The predicted octanol–water partition coefficient (Wildman–Crippen LogP) is 3.35. The molecule has 19 heavy (non-hydrogen) atoms. The lowest BCUT2D eigenvalue weighted by Gasteiger charge is -2.35. The molecule has 0 unspecified atom stereocenters. The molecular weight excluding hydrogens is 236 g/mol. The van der Waals surface area contributed by atoms with E-state index in [-0.39, 0.29) is 5.54 Å². The number of nitrogens with zero attached hydrogens (tertiary/aromatic N) is 2. The normalized spacial score (nSPS) is 18.4. The Bertz CT molecular complexity index is 588. The second-order valence-corrected chi connectivity index (χ2v) is 5.75. The predicted molar refractivity (Wildman–Crippen MR) is 79.1 cm³/mol. The number of nitrogens with one attached hydrogen (secondary N) is 1. The molecule has 1 aromatic carbocycles. The van der Waals surface area contributed by atoms with Gasteiger partial charge in [-0.05, 0) is 38.0 Å². The van der Waals surface area contributed by atoms with Gasteiger partial charge in [0.2, 0.25) is 0 Å². The Hall–Kier alpha value is -1.84. The molecule has 0 spiro atoms. The zero-order chi connectivity index (χ0) is 13.3. The lowest BCUT2D eigenvalue weighted by molar-refractivity contribution is 0.349. The third-order valence-corrected chi connectivity index (χ3v) is 4.04. The fourth-order valence-electron chi connectivity index (χ4n) is 2.92. The van der Waals surface area contributed by atoms with Crippen LogP contribution in [0.4, 0.5) is 11.5 Å². The second kappa shape index (κ2) is 4.68. The molecule has 3 N–H and O–H groups in total. The molecule has 0 saturated heterocycles. The first kappa shape index (κ1) is 12.2. The van der Waals surface area contributed by atoms with Gasteiger partial charge in [-0.2, -0.15) is 0 Å². The third-order valence-electron chi connectivity index (χ3n) is 4.04. The SMILES string of the molecule is CC1(Nc2ncnc3cc(N)ccc23)CCCCC1. The number of aromatic nitrogens is 2. The topological polar surface area (TPSA) is 63.8 Å². The Kier molecular flexibility index (Phi) is 3.01. The third kappa shape index (κ3) is 2.48. The number of nitrogens with two attached hydrogens (primary N) is 1. The summed E-state index contributed by atoms with van der Waals surface area (Å²) in [6.45, 7) is 2.29. The largest absolute Gasteiger partial charge is 0.399 e. The molecule has 1 aliphatic rings. The molecule has 1 saturated carbocycles. The molecule has 100 valence electrons. The average molecular weight is 256 g/mol. The summed E-state index contributed by atoms with van der Waals surface area (Å²) in [6, 6.07) is 5.80. The van der Waals surface area contributed by atoms with Gasteiger partial charge >= 0.3 is 0 Å². The van der Waals surface area contributed by atoms with E-state index in [0.717, 1.165) is 22.4 Å². The Morgan fingerprint density at radius 3 is 2.74 bits per heavy atom. The van der Waals surface area contributed by atoms with Gasteiger partial charge in [0.05, 0.1) is 5.52 Å². The maximum Gasteiger partial charge on any atom is 0.137 e.